The lowest BCUT2D eigenvalue weighted by Crippen LogP contribution is -2.20. The zero-order valence-electron chi connectivity index (χ0n) is 15.7. The van der Waals surface area contributed by atoms with Crippen LogP contribution in [-0.2, 0) is 21.4 Å². The summed E-state index contributed by atoms with van der Waals surface area (Å²) < 4.78 is 28.7. The van der Waals surface area contributed by atoms with Crippen LogP contribution in [0.4, 0.5) is 5.69 Å². The molecule has 0 aliphatic heterocycles. The molecule has 0 spiro atoms. The quantitative estimate of drug-likeness (QED) is 0.645. The van der Waals surface area contributed by atoms with Crippen LogP contribution in [0, 0.1) is 20.8 Å². The van der Waals surface area contributed by atoms with Gasteiger partial charge in [-0.2, -0.15) is 4.80 Å². The highest BCUT2D eigenvalue weighted by atomic mass is 32.2. The number of nitrogens with two attached hydrogens (primary N) is 1. The first-order valence-corrected chi connectivity index (χ1v) is 9.92. The number of carbonyl (C=O) groups is 1. The predicted molar refractivity (Wildman–Crippen MR) is 104 cm³/mol. The number of rotatable bonds is 6. The molecule has 1 heterocycles. The van der Waals surface area contributed by atoms with Crippen molar-refractivity contribution in [2.24, 2.45) is 5.73 Å². The number of amides is 1. The van der Waals surface area contributed by atoms with E-state index >= 15 is 0 Å². The molecule has 10 heteroatoms. The van der Waals surface area contributed by atoms with Gasteiger partial charge in [-0.25, -0.2) is 8.42 Å². The lowest BCUT2D eigenvalue weighted by molar-refractivity contribution is -0.118. The zero-order valence-corrected chi connectivity index (χ0v) is 16.5. The summed E-state index contributed by atoms with van der Waals surface area (Å²) >= 11 is 0. The van der Waals surface area contributed by atoms with Crippen molar-refractivity contribution in [2.45, 2.75) is 32.2 Å². The monoisotopic (exact) mass is 400 g/mol. The molecule has 0 bridgehead atoms. The Labute approximate surface area is 162 Å². The van der Waals surface area contributed by atoms with E-state index in [-0.39, 0.29) is 17.3 Å². The minimum atomic E-state index is -3.84. The van der Waals surface area contributed by atoms with Crippen LogP contribution >= 0.6 is 0 Å². The summed E-state index contributed by atoms with van der Waals surface area (Å²) in [5.41, 5.74) is 8.18. The Hall–Kier alpha value is -3.27. The molecule has 3 aromatic rings. The van der Waals surface area contributed by atoms with Crippen molar-refractivity contribution in [2.75, 3.05) is 4.72 Å². The van der Waals surface area contributed by atoms with Crippen LogP contribution in [0.2, 0.25) is 0 Å². The van der Waals surface area contributed by atoms with Gasteiger partial charge in [0.05, 0.1) is 10.6 Å². The van der Waals surface area contributed by atoms with Gasteiger partial charge >= 0.3 is 0 Å². The van der Waals surface area contributed by atoms with Crippen LogP contribution in [0.1, 0.15) is 16.7 Å². The van der Waals surface area contributed by atoms with Crippen molar-refractivity contribution >= 4 is 21.6 Å². The van der Waals surface area contributed by atoms with E-state index in [0.29, 0.717) is 22.4 Å². The molecular weight excluding hydrogens is 380 g/mol. The number of hydrogen-bond acceptors (Lipinski definition) is 6. The van der Waals surface area contributed by atoms with Gasteiger partial charge in [0.15, 0.2) is 0 Å². The SMILES string of the molecule is Cc1cc(C)c(S(=O)(=O)Nc2ccccc2-c2nnn(CC(N)=O)n2)c(C)c1. The predicted octanol–water partition coefficient (Wildman–Crippen LogP) is 1.55. The number of carbonyl (C=O) groups excluding carboxylic acids is 1. The van der Waals surface area contributed by atoms with E-state index in [0.717, 1.165) is 10.4 Å². The Morgan fingerprint density at radius 3 is 2.43 bits per heavy atom. The molecule has 0 saturated heterocycles. The highest BCUT2D eigenvalue weighted by molar-refractivity contribution is 7.92. The molecule has 3 N–H and O–H groups in total. The number of primary amides is 1. The molecule has 146 valence electrons. The number of tetrazole rings is 1. The van der Waals surface area contributed by atoms with Gasteiger partial charge in [0.25, 0.3) is 10.0 Å². The smallest absolute Gasteiger partial charge is 0.262 e. The van der Waals surface area contributed by atoms with E-state index in [1.165, 1.54) is 0 Å². The van der Waals surface area contributed by atoms with E-state index in [2.05, 4.69) is 20.1 Å². The first kappa shape index (κ1) is 19.5. The van der Waals surface area contributed by atoms with Crippen molar-refractivity contribution in [1.29, 1.82) is 0 Å². The number of aromatic nitrogens is 4. The fourth-order valence-electron chi connectivity index (χ4n) is 3.11. The van der Waals surface area contributed by atoms with Crippen molar-refractivity contribution < 1.29 is 13.2 Å². The molecule has 3 rings (SSSR count). The topological polar surface area (TPSA) is 133 Å². The van der Waals surface area contributed by atoms with E-state index in [4.69, 9.17) is 5.73 Å². The maximum absolute atomic E-state index is 13.1. The number of hydrogen-bond donors (Lipinski definition) is 2. The fourth-order valence-corrected chi connectivity index (χ4v) is 4.65. The summed E-state index contributed by atoms with van der Waals surface area (Å²) in [6.07, 6.45) is 0. The van der Waals surface area contributed by atoms with Crippen LogP contribution in [0.3, 0.4) is 0 Å². The number of sulfonamides is 1. The second-order valence-corrected chi connectivity index (χ2v) is 8.11. The molecule has 2 aromatic carbocycles. The second kappa shape index (κ2) is 7.39. The van der Waals surface area contributed by atoms with Gasteiger partial charge in [-0.05, 0) is 49.2 Å². The third kappa shape index (κ3) is 4.01. The number of nitrogens with one attached hydrogen (secondary N) is 1. The number of para-hydroxylation sites is 1. The summed E-state index contributed by atoms with van der Waals surface area (Å²) in [7, 11) is -3.84. The Balaban J connectivity index is 2.00. The lowest BCUT2D eigenvalue weighted by Gasteiger charge is -2.15. The molecule has 0 fully saturated rings. The fraction of sp³-hybridized carbons (Fsp3) is 0.222. The summed E-state index contributed by atoms with van der Waals surface area (Å²) in [5.74, 6) is -0.430. The van der Waals surface area contributed by atoms with E-state index in [1.807, 2.05) is 19.1 Å². The highest BCUT2D eigenvalue weighted by Crippen LogP contribution is 2.29. The molecule has 1 amide bonds. The van der Waals surface area contributed by atoms with Crippen LogP contribution in [0.25, 0.3) is 11.4 Å². The average Bonchev–Trinajstić information content (AvgIpc) is 3.01. The first-order chi connectivity index (χ1) is 13.2. The van der Waals surface area contributed by atoms with Gasteiger partial charge in [0.2, 0.25) is 11.7 Å². The number of benzene rings is 2. The molecule has 0 radical (unpaired) electrons. The third-order valence-electron chi connectivity index (χ3n) is 4.04. The maximum Gasteiger partial charge on any atom is 0.262 e. The van der Waals surface area contributed by atoms with Gasteiger partial charge < -0.3 is 5.73 Å². The van der Waals surface area contributed by atoms with Crippen molar-refractivity contribution in [3.8, 4) is 11.4 Å². The van der Waals surface area contributed by atoms with E-state index < -0.39 is 15.9 Å². The number of anilines is 1. The molecule has 0 saturated carbocycles. The van der Waals surface area contributed by atoms with Gasteiger partial charge in [-0.3, -0.25) is 9.52 Å². The molecular formula is C18H20N6O3S. The first-order valence-electron chi connectivity index (χ1n) is 8.43. The van der Waals surface area contributed by atoms with Crippen LogP contribution in [0.5, 0.6) is 0 Å². The molecule has 0 aliphatic rings. The number of aryl methyl sites for hydroxylation is 3. The van der Waals surface area contributed by atoms with Crippen molar-refractivity contribution in [1.82, 2.24) is 20.2 Å². The van der Waals surface area contributed by atoms with E-state index in [1.54, 1.807) is 38.1 Å². The summed E-state index contributed by atoms with van der Waals surface area (Å²) in [6.45, 7) is 5.22. The van der Waals surface area contributed by atoms with Crippen LogP contribution in [-0.4, -0.2) is 34.5 Å². The third-order valence-corrected chi connectivity index (χ3v) is 5.71. The lowest BCUT2D eigenvalue weighted by atomic mass is 10.1. The Bertz CT molecular complexity index is 1130. The summed E-state index contributed by atoms with van der Waals surface area (Å²) in [6, 6.07) is 10.3. The Morgan fingerprint density at radius 2 is 1.79 bits per heavy atom. The molecule has 1 aromatic heterocycles. The van der Waals surface area contributed by atoms with Gasteiger partial charge in [0, 0.05) is 5.56 Å². The second-order valence-electron chi connectivity index (χ2n) is 6.49. The average molecular weight is 400 g/mol. The highest BCUT2D eigenvalue weighted by Gasteiger charge is 2.22. The molecule has 28 heavy (non-hydrogen) atoms. The summed E-state index contributed by atoms with van der Waals surface area (Å²) in [4.78, 5) is 12.3. The minimum Gasteiger partial charge on any atom is -0.368 e. The largest absolute Gasteiger partial charge is 0.368 e. The zero-order chi connectivity index (χ0) is 20.5. The minimum absolute atomic E-state index is 0.178. The van der Waals surface area contributed by atoms with E-state index in [9.17, 15) is 13.2 Å². The standard InChI is InChI=1S/C18H20N6O3S/c1-11-8-12(2)17(13(3)9-11)28(26,27)22-15-7-5-4-6-14(15)18-20-23-24(21-18)10-16(19)25/h4-9,22H,10H2,1-3H3,(H2,19,25). The normalized spacial score (nSPS) is 11.4. The Morgan fingerprint density at radius 1 is 1.14 bits per heavy atom. The van der Waals surface area contributed by atoms with Gasteiger partial charge in [-0.15, -0.1) is 10.2 Å². The number of nitrogens with zero attached hydrogens (tertiary/aromatic N) is 4. The van der Waals surface area contributed by atoms with Gasteiger partial charge in [-0.1, -0.05) is 29.8 Å². The molecule has 9 nitrogen and oxygen atoms in total. The van der Waals surface area contributed by atoms with Crippen molar-refractivity contribution in [3.63, 3.8) is 0 Å². The molecule has 0 unspecified atom stereocenters. The molecule has 0 atom stereocenters. The molecule has 0 aliphatic carbocycles. The van der Waals surface area contributed by atoms with Gasteiger partial charge in [0.1, 0.15) is 6.54 Å². The van der Waals surface area contributed by atoms with Crippen LogP contribution < -0.4 is 10.5 Å². The Kier molecular flexibility index (Phi) is 5.14. The van der Waals surface area contributed by atoms with Crippen LogP contribution in [0.15, 0.2) is 41.3 Å². The maximum atomic E-state index is 13.1. The summed E-state index contributed by atoms with van der Waals surface area (Å²) in [5, 5.41) is 11.7. The van der Waals surface area contributed by atoms with Crippen molar-refractivity contribution in [3.05, 3.63) is 53.1 Å².